The van der Waals surface area contributed by atoms with Crippen molar-refractivity contribution in [3.63, 3.8) is 0 Å². The molecule has 88 valence electrons. The average Bonchev–Trinajstić information content (AvgIpc) is 2.63. The highest BCUT2D eigenvalue weighted by atomic mass is 16.5. The predicted octanol–water partition coefficient (Wildman–Crippen LogP) is 0.807. The van der Waals surface area contributed by atoms with E-state index in [2.05, 4.69) is 24.3 Å². The van der Waals surface area contributed by atoms with Crippen LogP contribution in [0.25, 0.3) is 0 Å². The second-order valence-electron chi connectivity index (χ2n) is 4.74. The average molecular weight is 223 g/mol. The summed E-state index contributed by atoms with van der Waals surface area (Å²) in [6.45, 7) is 8.23. The molecular formula is C11H17N3O2. The molecule has 0 aliphatic carbocycles. The van der Waals surface area contributed by atoms with Crippen LogP contribution < -0.4 is 5.32 Å². The summed E-state index contributed by atoms with van der Waals surface area (Å²) in [6.07, 6.45) is 1.50. The Bertz CT molecular complexity index is 398. The lowest BCUT2D eigenvalue weighted by Crippen LogP contribution is -2.59. The van der Waals surface area contributed by atoms with Gasteiger partial charge in [-0.25, -0.2) is 0 Å². The lowest BCUT2D eigenvalue weighted by molar-refractivity contribution is 0.0476. The maximum absolute atomic E-state index is 12.3. The van der Waals surface area contributed by atoms with Crippen molar-refractivity contribution in [3.05, 3.63) is 17.5 Å². The predicted molar refractivity (Wildman–Crippen MR) is 59.2 cm³/mol. The number of rotatable bonds is 1. The van der Waals surface area contributed by atoms with Gasteiger partial charge in [0, 0.05) is 19.6 Å². The van der Waals surface area contributed by atoms with Gasteiger partial charge in [0.05, 0.1) is 11.7 Å². The molecule has 0 spiro atoms. The van der Waals surface area contributed by atoms with Gasteiger partial charge in [-0.3, -0.25) is 4.79 Å². The third-order valence-corrected chi connectivity index (χ3v) is 3.03. The van der Waals surface area contributed by atoms with Gasteiger partial charge in [0.25, 0.3) is 5.91 Å². The van der Waals surface area contributed by atoms with Gasteiger partial charge < -0.3 is 14.7 Å². The van der Waals surface area contributed by atoms with E-state index in [0.717, 1.165) is 19.6 Å². The topological polar surface area (TPSA) is 58.4 Å². The van der Waals surface area contributed by atoms with Crippen LogP contribution in [0.15, 0.2) is 10.7 Å². The molecule has 0 atom stereocenters. The van der Waals surface area contributed by atoms with Crippen LogP contribution in [0, 0.1) is 6.92 Å². The third kappa shape index (κ3) is 1.82. The van der Waals surface area contributed by atoms with E-state index in [1.807, 2.05) is 4.90 Å². The summed E-state index contributed by atoms with van der Waals surface area (Å²) in [5.74, 6) is 0.588. The first-order valence-electron chi connectivity index (χ1n) is 5.46. The van der Waals surface area contributed by atoms with Crippen molar-refractivity contribution in [1.82, 2.24) is 15.4 Å². The number of nitrogens with one attached hydrogen (secondary N) is 1. The van der Waals surface area contributed by atoms with Crippen LogP contribution in [0.3, 0.4) is 0 Å². The first kappa shape index (κ1) is 11.1. The standard InChI is InChI=1S/C11H17N3O2/c1-8-9(6-13-16-8)10(15)14-5-4-12-7-11(14,2)3/h6,12H,4-5,7H2,1-3H3. The lowest BCUT2D eigenvalue weighted by atomic mass is 9.99. The van der Waals surface area contributed by atoms with Crippen molar-refractivity contribution < 1.29 is 9.32 Å². The van der Waals surface area contributed by atoms with Crippen molar-refractivity contribution >= 4 is 5.91 Å². The largest absolute Gasteiger partial charge is 0.361 e. The molecule has 1 aromatic rings. The summed E-state index contributed by atoms with van der Waals surface area (Å²) in [6, 6.07) is 0. The second-order valence-corrected chi connectivity index (χ2v) is 4.74. The zero-order chi connectivity index (χ0) is 11.8. The zero-order valence-electron chi connectivity index (χ0n) is 9.91. The molecule has 1 aromatic heterocycles. The molecule has 1 aliphatic rings. The van der Waals surface area contributed by atoms with E-state index in [0.29, 0.717) is 11.3 Å². The monoisotopic (exact) mass is 223 g/mol. The number of amides is 1. The van der Waals surface area contributed by atoms with Gasteiger partial charge in [-0.15, -0.1) is 0 Å². The third-order valence-electron chi connectivity index (χ3n) is 3.03. The number of hydrogen-bond acceptors (Lipinski definition) is 4. The van der Waals surface area contributed by atoms with E-state index in [1.54, 1.807) is 6.92 Å². The van der Waals surface area contributed by atoms with Crippen molar-refractivity contribution in [2.24, 2.45) is 0 Å². The normalized spacial score (nSPS) is 19.8. The van der Waals surface area contributed by atoms with Crippen molar-refractivity contribution in [1.29, 1.82) is 0 Å². The van der Waals surface area contributed by atoms with Crippen LogP contribution in [-0.4, -0.2) is 41.1 Å². The summed E-state index contributed by atoms with van der Waals surface area (Å²) in [5.41, 5.74) is 0.397. The Morgan fingerprint density at radius 1 is 1.62 bits per heavy atom. The lowest BCUT2D eigenvalue weighted by Gasteiger charge is -2.42. The van der Waals surface area contributed by atoms with Crippen LogP contribution in [0.2, 0.25) is 0 Å². The van der Waals surface area contributed by atoms with E-state index in [9.17, 15) is 4.79 Å². The van der Waals surface area contributed by atoms with Gasteiger partial charge in [0.1, 0.15) is 11.3 Å². The fraction of sp³-hybridized carbons (Fsp3) is 0.636. The number of nitrogens with zero attached hydrogens (tertiary/aromatic N) is 2. The quantitative estimate of drug-likeness (QED) is 0.765. The molecule has 0 radical (unpaired) electrons. The fourth-order valence-electron chi connectivity index (χ4n) is 2.01. The molecule has 2 heterocycles. The van der Waals surface area contributed by atoms with Gasteiger partial charge in [0.15, 0.2) is 0 Å². The maximum Gasteiger partial charge on any atom is 0.259 e. The minimum absolute atomic E-state index is 0.00486. The number of carbonyl (C=O) groups excluding carboxylic acids is 1. The Morgan fingerprint density at radius 3 is 2.94 bits per heavy atom. The number of aromatic nitrogens is 1. The Kier molecular flexibility index (Phi) is 2.71. The molecule has 1 fully saturated rings. The van der Waals surface area contributed by atoms with Crippen LogP contribution in [0.4, 0.5) is 0 Å². The molecule has 1 amide bonds. The highest BCUT2D eigenvalue weighted by Gasteiger charge is 2.34. The first-order valence-corrected chi connectivity index (χ1v) is 5.46. The summed E-state index contributed by atoms with van der Waals surface area (Å²) >= 11 is 0. The Hall–Kier alpha value is -1.36. The minimum atomic E-state index is -0.168. The van der Waals surface area contributed by atoms with Crippen LogP contribution in [0.5, 0.6) is 0 Å². The maximum atomic E-state index is 12.3. The number of carbonyl (C=O) groups is 1. The summed E-state index contributed by atoms with van der Waals surface area (Å²) in [5, 5.41) is 6.93. The Balaban J connectivity index is 2.24. The first-order chi connectivity index (χ1) is 7.52. The van der Waals surface area contributed by atoms with Crippen molar-refractivity contribution in [3.8, 4) is 0 Å². The fourth-order valence-corrected chi connectivity index (χ4v) is 2.01. The summed E-state index contributed by atoms with van der Waals surface area (Å²) < 4.78 is 4.93. The van der Waals surface area contributed by atoms with Crippen LogP contribution in [0.1, 0.15) is 30.0 Å². The van der Waals surface area contributed by atoms with Crippen molar-refractivity contribution in [2.45, 2.75) is 26.3 Å². The van der Waals surface area contributed by atoms with E-state index in [-0.39, 0.29) is 11.4 Å². The molecule has 5 heteroatoms. The molecule has 0 unspecified atom stereocenters. The molecule has 0 aromatic carbocycles. The van der Waals surface area contributed by atoms with E-state index < -0.39 is 0 Å². The van der Waals surface area contributed by atoms with E-state index in [4.69, 9.17) is 4.52 Å². The molecule has 2 rings (SSSR count). The smallest absolute Gasteiger partial charge is 0.259 e. The number of piperazine rings is 1. The van der Waals surface area contributed by atoms with Gasteiger partial charge in [-0.1, -0.05) is 5.16 Å². The van der Waals surface area contributed by atoms with Gasteiger partial charge in [-0.2, -0.15) is 0 Å². The number of aryl methyl sites for hydroxylation is 1. The SMILES string of the molecule is Cc1oncc1C(=O)N1CCNCC1(C)C. The molecule has 1 N–H and O–H groups in total. The van der Waals surface area contributed by atoms with Crippen molar-refractivity contribution in [2.75, 3.05) is 19.6 Å². The molecule has 16 heavy (non-hydrogen) atoms. The molecule has 1 saturated heterocycles. The number of hydrogen-bond donors (Lipinski definition) is 1. The van der Waals surface area contributed by atoms with Gasteiger partial charge in [-0.05, 0) is 20.8 Å². The molecular weight excluding hydrogens is 206 g/mol. The summed E-state index contributed by atoms with van der Waals surface area (Å²) in [7, 11) is 0. The van der Waals surface area contributed by atoms with Gasteiger partial charge in [0.2, 0.25) is 0 Å². The van der Waals surface area contributed by atoms with Crippen LogP contribution in [-0.2, 0) is 0 Å². The Labute approximate surface area is 94.8 Å². The zero-order valence-corrected chi connectivity index (χ0v) is 9.91. The second kappa shape index (κ2) is 3.90. The minimum Gasteiger partial charge on any atom is -0.361 e. The molecule has 5 nitrogen and oxygen atoms in total. The molecule has 0 bridgehead atoms. The summed E-state index contributed by atoms with van der Waals surface area (Å²) in [4.78, 5) is 14.2. The van der Waals surface area contributed by atoms with Crippen LogP contribution >= 0.6 is 0 Å². The highest BCUT2D eigenvalue weighted by molar-refractivity contribution is 5.95. The van der Waals surface area contributed by atoms with Gasteiger partial charge >= 0.3 is 0 Å². The Morgan fingerprint density at radius 2 is 2.38 bits per heavy atom. The van der Waals surface area contributed by atoms with E-state index in [1.165, 1.54) is 6.20 Å². The molecule has 0 saturated carbocycles. The molecule has 1 aliphatic heterocycles. The highest BCUT2D eigenvalue weighted by Crippen LogP contribution is 2.20. The van der Waals surface area contributed by atoms with E-state index >= 15 is 0 Å².